The van der Waals surface area contributed by atoms with Gasteiger partial charge in [-0.25, -0.2) is 4.68 Å². The molecule has 0 fully saturated rings. The van der Waals surface area contributed by atoms with Gasteiger partial charge in [0.15, 0.2) is 5.82 Å². The molecular weight excluding hydrogens is 200 g/mol. The molecule has 0 unspecified atom stereocenters. The third-order valence-corrected chi connectivity index (χ3v) is 2.52. The molecule has 1 heterocycles. The summed E-state index contributed by atoms with van der Waals surface area (Å²) in [5.74, 6) is 0.865. The summed E-state index contributed by atoms with van der Waals surface area (Å²) >= 11 is 0. The number of benzene rings is 1. The fraction of sp³-hybridized carbons (Fsp3) is 0.333. The van der Waals surface area contributed by atoms with E-state index in [-0.39, 0.29) is 0 Å². The van der Waals surface area contributed by atoms with Crippen molar-refractivity contribution < 1.29 is 0 Å². The molecule has 0 saturated heterocycles. The largest absolute Gasteiger partial charge is 0.381 e. The molecule has 0 radical (unpaired) electrons. The van der Waals surface area contributed by atoms with E-state index in [9.17, 15) is 0 Å². The summed E-state index contributed by atoms with van der Waals surface area (Å²) in [6, 6.07) is 10.2. The van der Waals surface area contributed by atoms with Crippen molar-refractivity contribution in [1.29, 1.82) is 0 Å². The Kier molecular flexibility index (Phi) is 2.90. The molecule has 2 rings (SSSR count). The van der Waals surface area contributed by atoms with Gasteiger partial charge in [-0.15, -0.1) is 5.10 Å². The van der Waals surface area contributed by atoms with Crippen molar-refractivity contribution in [2.24, 2.45) is 0 Å². The van der Waals surface area contributed by atoms with E-state index in [0.717, 1.165) is 12.2 Å². The van der Waals surface area contributed by atoms with E-state index in [4.69, 9.17) is 5.73 Å². The van der Waals surface area contributed by atoms with Crippen molar-refractivity contribution >= 4 is 5.82 Å². The van der Waals surface area contributed by atoms with Crippen LogP contribution >= 0.6 is 0 Å². The van der Waals surface area contributed by atoms with Crippen LogP contribution < -0.4 is 5.73 Å². The molecule has 0 aliphatic carbocycles. The average molecular weight is 216 g/mol. The second-order valence-electron chi connectivity index (χ2n) is 4.16. The molecule has 0 saturated carbocycles. The first kappa shape index (κ1) is 10.7. The third-order valence-electron chi connectivity index (χ3n) is 2.52. The summed E-state index contributed by atoms with van der Waals surface area (Å²) in [6.07, 6.45) is 0. The summed E-state index contributed by atoms with van der Waals surface area (Å²) < 4.78 is 1.87. The summed E-state index contributed by atoms with van der Waals surface area (Å²) in [6.45, 7) is 4.91. The van der Waals surface area contributed by atoms with E-state index in [1.165, 1.54) is 5.56 Å². The zero-order valence-corrected chi connectivity index (χ0v) is 9.59. The molecule has 2 N–H and O–H groups in total. The van der Waals surface area contributed by atoms with E-state index >= 15 is 0 Å². The predicted octanol–water partition coefficient (Wildman–Crippen LogP) is 2.03. The molecule has 0 aliphatic rings. The van der Waals surface area contributed by atoms with E-state index in [1.807, 2.05) is 22.9 Å². The van der Waals surface area contributed by atoms with E-state index < -0.39 is 0 Å². The van der Waals surface area contributed by atoms with Gasteiger partial charge in [0.25, 0.3) is 0 Å². The summed E-state index contributed by atoms with van der Waals surface area (Å²) in [7, 11) is 0. The van der Waals surface area contributed by atoms with Crippen LogP contribution in [-0.4, -0.2) is 15.0 Å². The van der Waals surface area contributed by atoms with Crippen molar-refractivity contribution in [2.45, 2.75) is 26.3 Å². The average Bonchev–Trinajstić information content (AvgIpc) is 2.61. The molecule has 16 heavy (non-hydrogen) atoms. The van der Waals surface area contributed by atoms with E-state index in [1.54, 1.807) is 0 Å². The molecule has 0 atom stereocenters. The standard InChI is InChI=1S/C12H16N4/c1-9(2)11-12(13)14-15-16(11)8-10-6-4-3-5-7-10/h3-7,9H,8,13H2,1-2H3. The molecule has 1 aromatic carbocycles. The highest BCUT2D eigenvalue weighted by atomic mass is 15.4. The highest BCUT2D eigenvalue weighted by Crippen LogP contribution is 2.19. The topological polar surface area (TPSA) is 56.7 Å². The first-order valence-electron chi connectivity index (χ1n) is 5.41. The van der Waals surface area contributed by atoms with Crippen molar-refractivity contribution in [2.75, 3.05) is 5.73 Å². The number of rotatable bonds is 3. The number of nitrogens with zero attached hydrogens (tertiary/aromatic N) is 3. The van der Waals surface area contributed by atoms with Crippen LogP contribution in [-0.2, 0) is 6.54 Å². The Hall–Kier alpha value is -1.84. The SMILES string of the molecule is CC(C)c1c(N)nnn1Cc1ccccc1. The lowest BCUT2D eigenvalue weighted by atomic mass is 10.1. The van der Waals surface area contributed by atoms with Gasteiger partial charge in [0, 0.05) is 0 Å². The monoisotopic (exact) mass is 216 g/mol. The van der Waals surface area contributed by atoms with Gasteiger partial charge in [0.05, 0.1) is 12.2 Å². The van der Waals surface area contributed by atoms with Crippen LogP contribution in [0.1, 0.15) is 31.0 Å². The molecular formula is C12H16N4. The number of hydrogen-bond donors (Lipinski definition) is 1. The van der Waals surface area contributed by atoms with Crippen LogP contribution in [0.5, 0.6) is 0 Å². The zero-order chi connectivity index (χ0) is 11.5. The van der Waals surface area contributed by atoms with Crippen LogP contribution in [0, 0.1) is 0 Å². The maximum absolute atomic E-state index is 5.80. The van der Waals surface area contributed by atoms with Gasteiger partial charge in [-0.05, 0) is 11.5 Å². The van der Waals surface area contributed by atoms with Gasteiger partial charge in [-0.3, -0.25) is 0 Å². The quantitative estimate of drug-likeness (QED) is 0.854. The molecule has 0 spiro atoms. The van der Waals surface area contributed by atoms with Crippen LogP contribution in [0.2, 0.25) is 0 Å². The molecule has 0 aliphatic heterocycles. The van der Waals surface area contributed by atoms with Crippen molar-refractivity contribution in [3.8, 4) is 0 Å². The summed E-state index contributed by atoms with van der Waals surface area (Å²) in [5.41, 5.74) is 8.01. The number of nitrogen functional groups attached to an aromatic ring is 1. The molecule has 0 amide bonds. The molecule has 0 bridgehead atoms. The molecule has 4 heteroatoms. The van der Waals surface area contributed by atoms with Gasteiger partial charge >= 0.3 is 0 Å². The van der Waals surface area contributed by atoms with E-state index in [2.05, 4.69) is 36.3 Å². The van der Waals surface area contributed by atoms with Gasteiger partial charge < -0.3 is 5.73 Å². The Labute approximate surface area is 95.1 Å². The second-order valence-corrected chi connectivity index (χ2v) is 4.16. The molecule has 4 nitrogen and oxygen atoms in total. The normalized spacial score (nSPS) is 10.9. The Morgan fingerprint density at radius 3 is 2.56 bits per heavy atom. The summed E-state index contributed by atoms with van der Waals surface area (Å²) in [5, 5.41) is 8.00. The minimum Gasteiger partial charge on any atom is -0.381 e. The molecule has 2 aromatic rings. The summed E-state index contributed by atoms with van der Waals surface area (Å²) in [4.78, 5) is 0. The number of aromatic nitrogens is 3. The smallest absolute Gasteiger partial charge is 0.169 e. The van der Waals surface area contributed by atoms with E-state index in [0.29, 0.717) is 11.7 Å². The molecule has 84 valence electrons. The lowest BCUT2D eigenvalue weighted by molar-refractivity contribution is 0.598. The Morgan fingerprint density at radius 1 is 1.25 bits per heavy atom. The number of anilines is 1. The van der Waals surface area contributed by atoms with Gasteiger partial charge in [0.2, 0.25) is 0 Å². The van der Waals surface area contributed by atoms with Crippen LogP contribution in [0.15, 0.2) is 30.3 Å². The second kappa shape index (κ2) is 4.35. The van der Waals surface area contributed by atoms with Crippen molar-refractivity contribution in [3.63, 3.8) is 0 Å². The Bertz CT molecular complexity index is 459. The minimum absolute atomic E-state index is 0.332. The van der Waals surface area contributed by atoms with Crippen molar-refractivity contribution in [3.05, 3.63) is 41.6 Å². The maximum atomic E-state index is 5.80. The highest BCUT2D eigenvalue weighted by Gasteiger charge is 2.13. The lowest BCUT2D eigenvalue weighted by Gasteiger charge is -2.09. The van der Waals surface area contributed by atoms with Crippen LogP contribution in [0.4, 0.5) is 5.82 Å². The first-order chi connectivity index (χ1) is 7.68. The fourth-order valence-electron chi connectivity index (χ4n) is 1.80. The predicted molar refractivity (Wildman–Crippen MR) is 64.1 cm³/mol. The van der Waals surface area contributed by atoms with Gasteiger partial charge in [-0.1, -0.05) is 49.4 Å². The Morgan fingerprint density at radius 2 is 1.94 bits per heavy atom. The number of hydrogen-bond acceptors (Lipinski definition) is 3. The maximum Gasteiger partial charge on any atom is 0.169 e. The first-order valence-corrected chi connectivity index (χ1v) is 5.41. The van der Waals surface area contributed by atoms with Crippen LogP contribution in [0.3, 0.4) is 0 Å². The highest BCUT2D eigenvalue weighted by molar-refractivity contribution is 5.35. The van der Waals surface area contributed by atoms with Gasteiger partial charge in [-0.2, -0.15) is 0 Å². The number of nitrogens with two attached hydrogens (primary N) is 1. The molecule has 1 aromatic heterocycles. The van der Waals surface area contributed by atoms with Crippen molar-refractivity contribution in [1.82, 2.24) is 15.0 Å². The van der Waals surface area contributed by atoms with Gasteiger partial charge in [0.1, 0.15) is 0 Å². The lowest BCUT2D eigenvalue weighted by Crippen LogP contribution is -2.08. The fourth-order valence-corrected chi connectivity index (χ4v) is 1.80. The van der Waals surface area contributed by atoms with Crippen LogP contribution in [0.25, 0.3) is 0 Å². The minimum atomic E-state index is 0.332. The zero-order valence-electron chi connectivity index (χ0n) is 9.59. The Balaban J connectivity index is 2.29. The third kappa shape index (κ3) is 2.05.